The Morgan fingerprint density at radius 2 is 1.70 bits per heavy atom. The number of hydrogen-bond acceptors (Lipinski definition) is 4. The minimum atomic E-state index is -3.57. The SMILES string of the molecule is CN(C)S(=O)(=O)c1ccccc1CNC(=O)Cc1cccc2cccnc12. The number of hydrogen-bond donors (Lipinski definition) is 1. The fraction of sp³-hybridized carbons (Fsp3) is 0.200. The number of para-hydroxylation sites is 1. The average molecular weight is 383 g/mol. The lowest BCUT2D eigenvalue weighted by atomic mass is 10.1. The second-order valence-corrected chi connectivity index (χ2v) is 8.46. The minimum Gasteiger partial charge on any atom is -0.352 e. The number of carbonyl (C=O) groups excluding carboxylic acids is 1. The van der Waals surface area contributed by atoms with Gasteiger partial charge in [-0.25, -0.2) is 12.7 Å². The van der Waals surface area contributed by atoms with Crippen molar-refractivity contribution in [3.8, 4) is 0 Å². The van der Waals surface area contributed by atoms with Crippen LogP contribution in [-0.4, -0.2) is 37.7 Å². The van der Waals surface area contributed by atoms with Crippen molar-refractivity contribution in [1.29, 1.82) is 0 Å². The lowest BCUT2D eigenvalue weighted by molar-refractivity contribution is -0.120. The molecule has 3 aromatic rings. The molecule has 0 radical (unpaired) electrons. The molecule has 0 aliphatic rings. The van der Waals surface area contributed by atoms with Gasteiger partial charge in [-0.2, -0.15) is 0 Å². The summed E-state index contributed by atoms with van der Waals surface area (Å²) in [5.74, 6) is -0.190. The van der Waals surface area contributed by atoms with Crippen LogP contribution in [0.15, 0.2) is 65.7 Å². The summed E-state index contributed by atoms with van der Waals surface area (Å²) >= 11 is 0. The largest absolute Gasteiger partial charge is 0.352 e. The maximum Gasteiger partial charge on any atom is 0.242 e. The van der Waals surface area contributed by atoms with Crippen molar-refractivity contribution in [3.05, 3.63) is 71.9 Å². The Hall–Kier alpha value is -2.77. The van der Waals surface area contributed by atoms with Gasteiger partial charge in [0.05, 0.1) is 16.8 Å². The van der Waals surface area contributed by atoms with E-state index >= 15 is 0 Å². The number of nitrogens with one attached hydrogen (secondary N) is 1. The summed E-state index contributed by atoms with van der Waals surface area (Å²) in [5, 5.41) is 3.79. The summed E-state index contributed by atoms with van der Waals surface area (Å²) in [4.78, 5) is 17.0. The molecule has 0 fully saturated rings. The normalized spacial score (nSPS) is 11.7. The fourth-order valence-corrected chi connectivity index (χ4v) is 3.95. The van der Waals surface area contributed by atoms with Crippen LogP contribution in [-0.2, 0) is 27.8 Å². The zero-order valence-electron chi connectivity index (χ0n) is 15.2. The molecule has 0 bridgehead atoms. The van der Waals surface area contributed by atoms with E-state index in [9.17, 15) is 13.2 Å². The number of sulfonamides is 1. The minimum absolute atomic E-state index is 0.139. The van der Waals surface area contributed by atoms with Gasteiger partial charge >= 0.3 is 0 Å². The highest BCUT2D eigenvalue weighted by molar-refractivity contribution is 7.89. The lowest BCUT2D eigenvalue weighted by Gasteiger charge is -2.15. The Kier molecular flexibility index (Phi) is 5.53. The Balaban J connectivity index is 1.75. The second-order valence-electron chi connectivity index (χ2n) is 6.34. The molecule has 6 nitrogen and oxygen atoms in total. The lowest BCUT2D eigenvalue weighted by Crippen LogP contribution is -2.28. The average Bonchev–Trinajstić information content (AvgIpc) is 2.67. The van der Waals surface area contributed by atoms with Crippen LogP contribution in [0.2, 0.25) is 0 Å². The molecule has 0 atom stereocenters. The van der Waals surface area contributed by atoms with Crippen LogP contribution < -0.4 is 5.32 Å². The smallest absolute Gasteiger partial charge is 0.242 e. The molecular formula is C20H21N3O3S. The Morgan fingerprint density at radius 1 is 1.00 bits per heavy atom. The first-order chi connectivity index (χ1) is 12.9. The van der Waals surface area contributed by atoms with Crippen LogP contribution in [0.5, 0.6) is 0 Å². The van der Waals surface area contributed by atoms with E-state index in [-0.39, 0.29) is 23.8 Å². The summed E-state index contributed by atoms with van der Waals surface area (Å²) in [6.45, 7) is 0.139. The predicted molar refractivity (Wildman–Crippen MR) is 105 cm³/mol. The molecule has 0 unspecified atom stereocenters. The third-order valence-electron chi connectivity index (χ3n) is 4.27. The molecule has 0 spiro atoms. The van der Waals surface area contributed by atoms with E-state index in [4.69, 9.17) is 0 Å². The molecule has 0 saturated heterocycles. The number of fused-ring (bicyclic) bond motifs is 1. The van der Waals surface area contributed by atoms with Gasteiger partial charge < -0.3 is 5.32 Å². The first-order valence-electron chi connectivity index (χ1n) is 8.49. The second kappa shape index (κ2) is 7.85. The van der Waals surface area contributed by atoms with Crippen molar-refractivity contribution in [2.75, 3.05) is 14.1 Å². The number of aromatic nitrogens is 1. The molecule has 0 aliphatic carbocycles. The van der Waals surface area contributed by atoms with Crippen molar-refractivity contribution in [1.82, 2.24) is 14.6 Å². The molecule has 1 N–H and O–H groups in total. The summed E-state index contributed by atoms with van der Waals surface area (Å²) in [6.07, 6.45) is 1.88. The van der Waals surface area contributed by atoms with Crippen LogP contribution in [0, 0.1) is 0 Å². The molecule has 27 heavy (non-hydrogen) atoms. The highest BCUT2D eigenvalue weighted by Crippen LogP contribution is 2.19. The first-order valence-corrected chi connectivity index (χ1v) is 9.93. The quantitative estimate of drug-likeness (QED) is 0.709. The van der Waals surface area contributed by atoms with Crippen LogP contribution in [0.1, 0.15) is 11.1 Å². The molecule has 1 amide bonds. The number of rotatable bonds is 6. The van der Waals surface area contributed by atoms with Gasteiger partial charge in [-0.1, -0.05) is 42.5 Å². The molecule has 1 aromatic heterocycles. The summed E-state index contributed by atoms with van der Waals surface area (Å²) < 4.78 is 26.0. The summed E-state index contributed by atoms with van der Waals surface area (Å²) in [7, 11) is -0.602. The van der Waals surface area contributed by atoms with Gasteiger partial charge in [0.1, 0.15) is 0 Å². The first kappa shape index (κ1) is 19.0. The highest BCUT2D eigenvalue weighted by Gasteiger charge is 2.20. The molecule has 7 heteroatoms. The molecule has 1 heterocycles. The maximum absolute atomic E-state index is 12.4. The van der Waals surface area contributed by atoms with Crippen molar-refractivity contribution in [3.63, 3.8) is 0 Å². The molecule has 0 saturated carbocycles. The summed E-state index contributed by atoms with van der Waals surface area (Å²) in [5.41, 5.74) is 2.18. The standard InChI is InChI=1S/C20H21N3O3S/c1-23(2)27(25,26)18-11-4-3-7-17(18)14-22-19(24)13-16-9-5-8-15-10-6-12-21-20(15)16/h3-12H,13-14H2,1-2H3,(H,22,24). The molecular weight excluding hydrogens is 362 g/mol. The van der Waals surface area contributed by atoms with Crippen LogP contribution in [0.25, 0.3) is 10.9 Å². The number of benzene rings is 2. The van der Waals surface area contributed by atoms with Crippen molar-refractivity contribution < 1.29 is 13.2 Å². The van der Waals surface area contributed by atoms with Crippen LogP contribution >= 0.6 is 0 Å². The number of pyridine rings is 1. The molecule has 0 aliphatic heterocycles. The van der Waals surface area contributed by atoms with E-state index in [1.165, 1.54) is 14.1 Å². The monoisotopic (exact) mass is 383 g/mol. The van der Waals surface area contributed by atoms with E-state index in [2.05, 4.69) is 10.3 Å². The zero-order valence-corrected chi connectivity index (χ0v) is 16.0. The van der Waals surface area contributed by atoms with Gasteiger partial charge in [0.15, 0.2) is 0 Å². The fourth-order valence-electron chi connectivity index (χ4n) is 2.84. The van der Waals surface area contributed by atoms with Gasteiger partial charge in [0, 0.05) is 32.2 Å². The number of nitrogens with zero attached hydrogens (tertiary/aromatic N) is 2. The van der Waals surface area contributed by atoms with Crippen LogP contribution in [0.3, 0.4) is 0 Å². The van der Waals surface area contributed by atoms with E-state index in [1.54, 1.807) is 30.5 Å². The topological polar surface area (TPSA) is 79.4 Å². The van der Waals surface area contributed by atoms with E-state index in [0.29, 0.717) is 5.56 Å². The third kappa shape index (κ3) is 4.15. The Morgan fingerprint density at radius 3 is 2.48 bits per heavy atom. The molecule has 140 valence electrons. The number of carbonyl (C=O) groups is 1. The third-order valence-corrected chi connectivity index (χ3v) is 6.19. The van der Waals surface area contributed by atoms with Gasteiger partial charge in [-0.15, -0.1) is 0 Å². The molecule has 3 rings (SSSR count). The molecule has 2 aromatic carbocycles. The van der Waals surface area contributed by atoms with Gasteiger partial charge in [0.2, 0.25) is 15.9 Å². The Labute approximate surface area is 158 Å². The maximum atomic E-state index is 12.4. The van der Waals surface area contributed by atoms with Crippen molar-refractivity contribution >= 4 is 26.8 Å². The van der Waals surface area contributed by atoms with Crippen molar-refractivity contribution in [2.45, 2.75) is 17.9 Å². The Bertz CT molecular complexity index is 1070. The highest BCUT2D eigenvalue weighted by atomic mass is 32.2. The van der Waals surface area contributed by atoms with E-state index < -0.39 is 10.0 Å². The number of amides is 1. The van der Waals surface area contributed by atoms with Gasteiger partial charge in [-0.05, 0) is 23.3 Å². The van der Waals surface area contributed by atoms with E-state index in [1.807, 2.05) is 30.3 Å². The van der Waals surface area contributed by atoms with E-state index in [0.717, 1.165) is 20.8 Å². The van der Waals surface area contributed by atoms with Crippen LogP contribution in [0.4, 0.5) is 0 Å². The van der Waals surface area contributed by atoms with Gasteiger partial charge in [0.25, 0.3) is 0 Å². The van der Waals surface area contributed by atoms with Gasteiger partial charge in [-0.3, -0.25) is 9.78 Å². The predicted octanol–water partition coefficient (Wildman–Crippen LogP) is 2.34. The van der Waals surface area contributed by atoms with Crippen molar-refractivity contribution in [2.24, 2.45) is 0 Å². The zero-order chi connectivity index (χ0) is 19.4. The summed E-state index contributed by atoms with van der Waals surface area (Å²) in [6, 6.07) is 16.2.